The average Bonchev–Trinajstić information content (AvgIpc) is 2.77. The first-order valence-corrected chi connectivity index (χ1v) is 8.53. The van der Waals surface area contributed by atoms with Crippen molar-refractivity contribution in [2.45, 2.75) is 4.90 Å². The smallest absolute Gasteiger partial charge is 0.259 e. The minimum atomic E-state index is -2.45. The first kappa shape index (κ1) is 14.7. The Kier molecular flexibility index (Phi) is 3.47. The van der Waals surface area contributed by atoms with Crippen LogP contribution in [0, 0.1) is 0 Å². The van der Waals surface area contributed by atoms with Crippen LogP contribution < -0.4 is 5.32 Å². The lowest BCUT2D eigenvalue weighted by Gasteiger charge is -2.09. The minimum absolute atomic E-state index is 0.0708. The minimum Gasteiger partial charge on any atom is -0.507 e. The van der Waals surface area contributed by atoms with E-state index in [2.05, 4.69) is 11.2 Å². The molecule has 0 radical (unpaired) electrons. The fourth-order valence-electron chi connectivity index (χ4n) is 2.19. The van der Waals surface area contributed by atoms with Crippen molar-refractivity contribution < 1.29 is 14.1 Å². The van der Waals surface area contributed by atoms with Crippen LogP contribution in [0.25, 0.3) is 6.08 Å². The van der Waals surface area contributed by atoms with E-state index in [1.807, 2.05) is 0 Å². The molecule has 1 unspecified atom stereocenters. The van der Waals surface area contributed by atoms with Gasteiger partial charge in [-0.2, -0.15) is 0 Å². The van der Waals surface area contributed by atoms with E-state index in [1.54, 1.807) is 29.7 Å². The van der Waals surface area contributed by atoms with E-state index in [4.69, 9.17) is 11.6 Å². The molecule has 1 aliphatic heterocycles. The third-order valence-corrected chi connectivity index (χ3v) is 5.22. The molecule has 0 aromatic heterocycles. The quantitative estimate of drug-likeness (QED) is 0.828. The van der Waals surface area contributed by atoms with Crippen LogP contribution in [-0.4, -0.2) is 21.1 Å². The summed E-state index contributed by atoms with van der Waals surface area (Å²) in [6.07, 6.45) is 1.75. The maximum atomic E-state index is 12.2. The zero-order chi connectivity index (χ0) is 15.9. The number of amides is 1. The number of nitrogens with one attached hydrogen (secondary N) is 1. The lowest BCUT2D eigenvalue weighted by Crippen LogP contribution is -2.12. The fraction of sp³-hybridized carbons (Fsp3) is 0. The van der Waals surface area contributed by atoms with Crippen molar-refractivity contribution in [3.63, 3.8) is 0 Å². The van der Waals surface area contributed by atoms with E-state index >= 15 is 0 Å². The number of phenolic OH excluding ortho intramolecular Hbond substituents is 1. The standard InChI is InChI=1S/C16H12ClNO3S/c1-22(21)7-6-10-2-4-12(9-15(10)22)18-16(20)13-8-11(17)3-5-14(13)19/h2-9,19H,1H2,(H,18,20). The van der Waals surface area contributed by atoms with Gasteiger partial charge in [0, 0.05) is 25.1 Å². The Morgan fingerprint density at radius 1 is 1.23 bits per heavy atom. The molecule has 0 fully saturated rings. The summed E-state index contributed by atoms with van der Waals surface area (Å²) in [6, 6.07) is 9.32. The van der Waals surface area contributed by atoms with E-state index in [1.165, 1.54) is 18.2 Å². The normalized spacial score (nSPS) is 19.0. The van der Waals surface area contributed by atoms with Crippen molar-refractivity contribution in [2.24, 2.45) is 0 Å². The molecule has 0 saturated heterocycles. The second-order valence-electron chi connectivity index (χ2n) is 4.90. The van der Waals surface area contributed by atoms with Crippen LogP contribution in [0.3, 0.4) is 0 Å². The maximum absolute atomic E-state index is 12.2. The molecule has 0 aliphatic carbocycles. The Balaban J connectivity index is 1.92. The van der Waals surface area contributed by atoms with Gasteiger partial charge in [-0.05, 0) is 53.2 Å². The molecule has 1 aliphatic rings. The van der Waals surface area contributed by atoms with Gasteiger partial charge in [0.1, 0.15) is 5.75 Å². The number of hydrogen-bond donors (Lipinski definition) is 2. The lowest BCUT2D eigenvalue weighted by atomic mass is 10.1. The molecule has 1 amide bonds. The van der Waals surface area contributed by atoms with Crippen molar-refractivity contribution in [3.8, 4) is 5.75 Å². The van der Waals surface area contributed by atoms with Gasteiger partial charge in [-0.3, -0.25) is 9.00 Å². The van der Waals surface area contributed by atoms with Crippen LogP contribution in [0.15, 0.2) is 46.7 Å². The van der Waals surface area contributed by atoms with Gasteiger partial charge in [0.25, 0.3) is 5.91 Å². The summed E-state index contributed by atoms with van der Waals surface area (Å²) in [5, 5.41) is 14.3. The van der Waals surface area contributed by atoms with Gasteiger partial charge in [0.15, 0.2) is 0 Å². The summed E-state index contributed by atoms with van der Waals surface area (Å²) >= 11 is 5.83. The molecule has 2 N–H and O–H groups in total. The number of halogens is 1. The van der Waals surface area contributed by atoms with Gasteiger partial charge in [-0.25, -0.2) is 0 Å². The Morgan fingerprint density at radius 2 is 2.00 bits per heavy atom. The van der Waals surface area contributed by atoms with Crippen molar-refractivity contribution in [1.82, 2.24) is 0 Å². The van der Waals surface area contributed by atoms with Gasteiger partial charge < -0.3 is 10.4 Å². The summed E-state index contributed by atoms with van der Waals surface area (Å²) in [5.74, 6) is 3.03. The van der Waals surface area contributed by atoms with E-state index in [9.17, 15) is 14.1 Å². The number of carbonyl (C=O) groups excluding carboxylic acids is 1. The Labute approximate surface area is 133 Å². The number of rotatable bonds is 2. The topological polar surface area (TPSA) is 66.4 Å². The highest BCUT2D eigenvalue weighted by molar-refractivity contribution is 8.03. The molecule has 0 saturated carbocycles. The lowest BCUT2D eigenvalue weighted by molar-refractivity contribution is 0.102. The molecular formula is C16H12ClNO3S. The molecule has 0 bridgehead atoms. The van der Waals surface area contributed by atoms with E-state index < -0.39 is 15.4 Å². The summed E-state index contributed by atoms with van der Waals surface area (Å²) in [7, 11) is -2.45. The molecule has 0 spiro atoms. The highest BCUT2D eigenvalue weighted by Crippen LogP contribution is 2.30. The molecular weight excluding hydrogens is 322 g/mol. The molecule has 2 aromatic carbocycles. The van der Waals surface area contributed by atoms with Crippen LogP contribution in [0.4, 0.5) is 5.69 Å². The number of fused-ring (bicyclic) bond motifs is 1. The molecule has 1 atom stereocenters. The molecule has 4 nitrogen and oxygen atoms in total. The van der Waals surface area contributed by atoms with Crippen molar-refractivity contribution >= 4 is 44.7 Å². The second kappa shape index (κ2) is 5.19. The predicted molar refractivity (Wildman–Crippen MR) is 90.1 cm³/mol. The maximum Gasteiger partial charge on any atom is 0.259 e. The highest BCUT2D eigenvalue weighted by atomic mass is 35.5. The summed E-state index contributed by atoms with van der Waals surface area (Å²) < 4.78 is 12.2. The van der Waals surface area contributed by atoms with Crippen LogP contribution in [0.2, 0.25) is 5.02 Å². The Hall–Kier alpha value is -2.24. The predicted octanol–water partition coefficient (Wildman–Crippen LogP) is 3.36. The first-order chi connectivity index (χ1) is 10.4. The molecule has 2 aromatic rings. The Morgan fingerprint density at radius 3 is 2.77 bits per heavy atom. The van der Waals surface area contributed by atoms with Crippen molar-refractivity contribution in [2.75, 3.05) is 5.32 Å². The number of benzene rings is 2. The molecule has 3 rings (SSSR count). The van der Waals surface area contributed by atoms with Gasteiger partial charge in [0.2, 0.25) is 0 Å². The van der Waals surface area contributed by atoms with Crippen LogP contribution in [0.1, 0.15) is 15.9 Å². The molecule has 6 heteroatoms. The van der Waals surface area contributed by atoms with Crippen LogP contribution in [0.5, 0.6) is 5.75 Å². The third kappa shape index (κ3) is 2.61. The fourth-order valence-corrected chi connectivity index (χ4v) is 3.74. The molecule has 1 heterocycles. The first-order valence-electron chi connectivity index (χ1n) is 6.36. The highest BCUT2D eigenvalue weighted by Gasteiger charge is 2.17. The van der Waals surface area contributed by atoms with Gasteiger partial charge in [-0.15, -0.1) is 0 Å². The molecule has 112 valence electrons. The van der Waals surface area contributed by atoms with Crippen LogP contribution in [-0.2, 0) is 9.52 Å². The number of aromatic hydroxyl groups is 1. The number of carbonyl (C=O) groups is 1. The summed E-state index contributed by atoms with van der Waals surface area (Å²) in [4.78, 5) is 12.8. The van der Waals surface area contributed by atoms with Crippen molar-refractivity contribution in [3.05, 3.63) is 58.0 Å². The number of anilines is 1. The van der Waals surface area contributed by atoms with E-state index in [0.717, 1.165) is 5.56 Å². The zero-order valence-electron chi connectivity index (χ0n) is 11.4. The monoisotopic (exact) mass is 333 g/mol. The zero-order valence-corrected chi connectivity index (χ0v) is 12.9. The van der Waals surface area contributed by atoms with E-state index in [0.29, 0.717) is 15.6 Å². The average molecular weight is 334 g/mol. The number of phenols is 1. The third-order valence-electron chi connectivity index (χ3n) is 3.31. The van der Waals surface area contributed by atoms with Gasteiger partial charge >= 0.3 is 0 Å². The summed E-state index contributed by atoms with van der Waals surface area (Å²) in [6.45, 7) is 0. The SMILES string of the molecule is C=S1(=O)C=Cc2ccc(NC(=O)c3cc(Cl)ccc3O)cc21. The van der Waals surface area contributed by atoms with E-state index in [-0.39, 0.29) is 11.3 Å². The van der Waals surface area contributed by atoms with Crippen molar-refractivity contribution in [1.29, 1.82) is 0 Å². The largest absolute Gasteiger partial charge is 0.507 e. The summed E-state index contributed by atoms with van der Waals surface area (Å²) in [5.41, 5.74) is 1.37. The Bertz CT molecular complexity index is 917. The second-order valence-corrected chi connectivity index (χ2v) is 7.50. The van der Waals surface area contributed by atoms with Gasteiger partial charge in [-0.1, -0.05) is 17.7 Å². The number of hydrogen-bond acceptors (Lipinski definition) is 3. The van der Waals surface area contributed by atoms with Gasteiger partial charge in [0.05, 0.1) is 5.56 Å². The van der Waals surface area contributed by atoms with Crippen LogP contribution >= 0.6 is 11.6 Å². The molecule has 22 heavy (non-hydrogen) atoms.